The summed E-state index contributed by atoms with van der Waals surface area (Å²) in [5, 5.41) is 0. The first-order valence-corrected chi connectivity index (χ1v) is 3.01. The van der Waals surface area contributed by atoms with Crippen LogP contribution in [0.2, 0.25) is 0 Å². The molecule has 0 spiro atoms. The van der Waals surface area contributed by atoms with Gasteiger partial charge in [0.25, 0.3) is 0 Å². The van der Waals surface area contributed by atoms with Crippen LogP contribution >= 0.6 is 0 Å². The maximum Gasteiger partial charge on any atom is 0.103 e. The van der Waals surface area contributed by atoms with Gasteiger partial charge >= 0.3 is 0 Å². The van der Waals surface area contributed by atoms with Crippen molar-refractivity contribution < 1.29 is 8.78 Å². The predicted molar refractivity (Wildman–Crippen MR) is 30.4 cm³/mol. The molecule has 50 valence electrons. The van der Waals surface area contributed by atoms with Crippen molar-refractivity contribution in [3.05, 3.63) is 0 Å². The van der Waals surface area contributed by atoms with E-state index < -0.39 is 12.8 Å². The Bertz CT molecular complexity index is 39.8. The van der Waals surface area contributed by atoms with E-state index in [9.17, 15) is 8.78 Å². The van der Waals surface area contributed by atoms with Gasteiger partial charge in [0.2, 0.25) is 0 Å². The lowest BCUT2D eigenvalue weighted by atomic mass is 10.2. The highest BCUT2D eigenvalue weighted by molar-refractivity contribution is 4.52. The molecule has 0 nitrogen and oxygen atoms in total. The number of rotatable bonds is 4. The van der Waals surface area contributed by atoms with Gasteiger partial charge in [0, 0.05) is 6.42 Å². The van der Waals surface area contributed by atoms with Crippen LogP contribution in [0.4, 0.5) is 8.78 Å². The van der Waals surface area contributed by atoms with E-state index in [4.69, 9.17) is 0 Å². The van der Waals surface area contributed by atoms with Crippen molar-refractivity contribution in [1.82, 2.24) is 0 Å². The minimum atomic E-state index is -0.912. The summed E-state index contributed by atoms with van der Waals surface area (Å²) in [7, 11) is 0. The van der Waals surface area contributed by atoms with E-state index in [1.54, 1.807) is 0 Å². The summed E-state index contributed by atoms with van der Waals surface area (Å²) >= 11 is 0. The zero-order valence-corrected chi connectivity index (χ0v) is 5.16. The number of alkyl halides is 2. The second kappa shape index (κ2) is 5.01. The number of hydrogen-bond donors (Lipinski definition) is 0. The normalized spacial score (nSPS) is 13.9. The minimum Gasteiger partial charge on any atom is -0.251 e. The fraction of sp³-hybridized carbons (Fsp3) is 1.00. The summed E-state index contributed by atoms with van der Waals surface area (Å²) < 4.78 is 23.5. The summed E-state index contributed by atoms with van der Waals surface area (Å²) in [5.41, 5.74) is 0. The van der Waals surface area contributed by atoms with Gasteiger partial charge in [0.15, 0.2) is 0 Å². The van der Waals surface area contributed by atoms with Crippen LogP contribution in [0.1, 0.15) is 26.2 Å². The first kappa shape index (κ1) is 7.86. The second-order valence-corrected chi connectivity index (χ2v) is 1.86. The van der Waals surface area contributed by atoms with Gasteiger partial charge in [-0.3, -0.25) is 4.39 Å². The summed E-state index contributed by atoms with van der Waals surface area (Å²) in [4.78, 5) is 0. The molecule has 0 aliphatic carbocycles. The molecule has 0 saturated heterocycles. The van der Waals surface area contributed by atoms with Crippen LogP contribution in [0, 0.1) is 0 Å². The van der Waals surface area contributed by atoms with Gasteiger partial charge < -0.3 is 0 Å². The number of hydrogen-bond acceptors (Lipinski definition) is 0. The summed E-state index contributed by atoms with van der Waals surface area (Å²) in [6.45, 7) is 1.37. The van der Waals surface area contributed by atoms with Gasteiger partial charge in [0.1, 0.15) is 6.17 Å². The molecule has 0 bridgehead atoms. The van der Waals surface area contributed by atoms with Gasteiger partial charge in [-0.25, -0.2) is 4.39 Å². The fourth-order valence-electron chi connectivity index (χ4n) is 0.576. The molecule has 0 aromatic rings. The molecule has 0 aromatic heterocycles. The monoisotopic (exact) mass is 122 g/mol. The van der Waals surface area contributed by atoms with Crippen LogP contribution in [0.15, 0.2) is 0 Å². The molecular weight excluding hydrogens is 110 g/mol. The topological polar surface area (TPSA) is 0 Å². The standard InChI is InChI=1S/C6H12F2/c1-2-3-6(8)4-5-7/h6H,2-5H2,1H3. The van der Waals surface area contributed by atoms with Crippen molar-refractivity contribution >= 4 is 0 Å². The second-order valence-electron chi connectivity index (χ2n) is 1.86. The van der Waals surface area contributed by atoms with Crippen molar-refractivity contribution in [2.24, 2.45) is 0 Å². The molecule has 0 N–H and O–H groups in total. The Morgan fingerprint density at radius 2 is 2.00 bits per heavy atom. The van der Waals surface area contributed by atoms with Gasteiger partial charge in [-0.05, 0) is 6.42 Å². The van der Waals surface area contributed by atoms with E-state index in [2.05, 4.69) is 0 Å². The fourth-order valence-corrected chi connectivity index (χ4v) is 0.576. The zero-order chi connectivity index (χ0) is 6.41. The van der Waals surface area contributed by atoms with E-state index in [1.807, 2.05) is 6.92 Å². The van der Waals surface area contributed by atoms with E-state index >= 15 is 0 Å². The lowest BCUT2D eigenvalue weighted by Gasteiger charge is -2.00. The van der Waals surface area contributed by atoms with Crippen LogP contribution in [-0.4, -0.2) is 12.8 Å². The predicted octanol–water partition coefficient (Wildman–Crippen LogP) is 2.48. The van der Waals surface area contributed by atoms with Crippen molar-refractivity contribution in [3.8, 4) is 0 Å². The Morgan fingerprint density at radius 1 is 1.38 bits per heavy atom. The molecule has 2 heteroatoms. The first-order chi connectivity index (χ1) is 3.81. The third-order valence-corrected chi connectivity index (χ3v) is 1.02. The molecule has 8 heavy (non-hydrogen) atoms. The summed E-state index contributed by atoms with van der Waals surface area (Å²) in [5.74, 6) is 0. The third-order valence-electron chi connectivity index (χ3n) is 1.02. The molecule has 0 radical (unpaired) electrons. The number of halogens is 2. The molecule has 1 atom stereocenters. The minimum absolute atomic E-state index is 0.0772. The first-order valence-electron chi connectivity index (χ1n) is 3.01. The average Bonchev–Trinajstić information content (AvgIpc) is 1.68. The average molecular weight is 122 g/mol. The maximum atomic E-state index is 12.2. The van der Waals surface area contributed by atoms with E-state index in [0.717, 1.165) is 6.42 Å². The van der Waals surface area contributed by atoms with Crippen LogP contribution in [0.3, 0.4) is 0 Å². The quantitative estimate of drug-likeness (QED) is 0.537. The SMILES string of the molecule is CCCC(F)CCF. The Balaban J connectivity index is 2.92. The lowest BCUT2D eigenvalue weighted by Crippen LogP contribution is -1.99. The van der Waals surface area contributed by atoms with E-state index in [-0.39, 0.29) is 6.42 Å². The molecule has 0 fully saturated rings. The molecule has 0 amide bonds. The van der Waals surface area contributed by atoms with Crippen molar-refractivity contribution in [2.75, 3.05) is 6.67 Å². The highest BCUT2D eigenvalue weighted by Gasteiger charge is 2.02. The van der Waals surface area contributed by atoms with Gasteiger partial charge in [-0.2, -0.15) is 0 Å². The smallest absolute Gasteiger partial charge is 0.103 e. The van der Waals surface area contributed by atoms with Crippen LogP contribution < -0.4 is 0 Å². The zero-order valence-electron chi connectivity index (χ0n) is 5.16. The summed E-state index contributed by atoms with van der Waals surface area (Å²) in [6.07, 6.45) is 0.476. The van der Waals surface area contributed by atoms with Crippen molar-refractivity contribution in [1.29, 1.82) is 0 Å². The van der Waals surface area contributed by atoms with E-state index in [1.165, 1.54) is 0 Å². The van der Waals surface area contributed by atoms with Gasteiger partial charge in [0.05, 0.1) is 6.67 Å². The molecule has 0 heterocycles. The largest absolute Gasteiger partial charge is 0.251 e. The highest BCUT2D eigenvalue weighted by Crippen LogP contribution is 2.05. The maximum absolute atomic E-state index is 12.2. The van der Waals surface area contributed by atoms with E-state index in [0.29, 0.717) is 6.42 Å². The summed E-state index contributed by atoms with van der Waals surface area (Å²) in [6, 6.07) is 0. The Labute approximate surface area is 48.9 Å². The third kappa shape index (κ3) is 4.03. The van der Waals surface area contributed by atoms with Gasteiger partial charge in [-0.1, -0.05) is 13.3 Å². The molecule has 0 aromatic carbocycles. The van der Waals surface area contributed by atoms with Crippen molar-refractivity contribution in [3.63, 3.8) is 0 Å². The van der Waals surface area contributed by atoms with Crippen LogP contribution in [0.5, 0.6) is 0 Å². The molecular formula is C6H12F2. The highest BCUT2D eigenvalue weighted by atomic mass is 19.1. The van der Waals surface area contributed by atoms with Crippen LogP contribution in [-0.2, 0) is 0 Å². The van der Waals surface area contributed by atoms with Crippen molar-refractivity contribution in [2.45, 2.75) is 32.4 Å². The molecule has 0 saturated carbocycles. The van der Waals surface area contributed by atoms with Crippen LogP contribution in [0.25, 0.3) is 0 Å². The molecule has 0 rings (SSSR count). The molecule has 0 aliphatic rings. The molecule has 1 unspecified atom stereocenters. The van der Waals surface area contributed by atoms with Gasteiger partial charge in [-0.15, -0.1) is 0 Å². The lowest BCUT2D eigenvalue weighted by molar-refractivity contribution is 0.267. The Morgan fingerprint density at radius 3 is 2.38 bits per heavy atom. The Hall–Kier alpha value is -0.140. The molecule has 0 aliphatic heterocycles. The Kier molecular flexibility index (Phi) is 4.92.